The Morgan fingerprint density at radius 3 is 2.80 bits per heavy atom. The fourth-order valence-electron chi connectivity index (χ4n) is 2.53. The van der Waals surface area contributed by atoms with Crippen LogP contribution in [-0.2, 0) is 0 Å². The summed E-state index contributed by atoms with van der Waals surface area (Å²) in [7, 11) is 0. The SMILES string of the molecule is Cc1ccc(C(=O)N2CCCC(C(C)N)C2)cc1Br.Cl. The van der Waals surface area contributed by atoms with E-state index in [0.717, 1.165) is 41.5 Å². The van der Waals surface area contributed by atoms with Crippen LogP contribution >= 0.6 is 28.3 Å². The minimum absolute atomic E-state index is 0. The molecule has 1 fully saturated rings. The quantitative estimate of drug-likeness (QED) is 0.878. The Morgan fingerprint density at radius 2 is 2.20 bits per heavy atom. The Kier molecular flexibility index (Phi) is 6.49. The summed E-state index contributed by atoms with van der Waals surface area (Å²) in [5.41, 5.74) is 7.86. The second-order valence-electron chi connectivity index (χ2n) is 5.48. The lowest BCUT2D eigenvalue weighted by Crippen LogP contribution is -2.45. The van der Waals surface area contributed by atoms with E-state index in [0.29, 0.717) is 5.92 Å². The molecule has 3 nitrogen and oxygen atoms in total. The van der Waals surface area contributed by atoms with Gasteiger partial charge in [0.25, 0.3) is 5.91 Å². The predicted octanol–water partition coefficient (Wildman–Crippen LogP) is 3.38. The van der Waals surface area contributed by atoms with Crippen molar-refractivity contribution in [2.24, 2.45) is 11.7 Å². The number of carbonyl (C=O) groups is 1. The maximum Gasteiger partial charge on any atom is 0.253 e. The molecule has 2 atom stereocenters. The molecule has 1 aliphatic rings. The third-order valence-corrected chi connectivity index (χ3v) is 4.76. The Hall–Kier alpha value is -0.580. The van der Waals surface area contributed by atoms with Crippen LogP contribution in [0.15, 0.2) is 22.7 Å². The van der Waals surface area contributed by atoms with Crippen molar-refractivity contribution in [1.29, 1.82) is 0 Å². The van der Waals surface area contributed by atoms with Crippen LogP contribution in [0.2, 0.25) is 0 Å². The van der Waals surface area contributed by atoms with E-state index in [1.54, 1.807) is 0 Å². The normalized spacial score (nSPS) is 20.2. The van der Waals surface area contributed by atoms with E-state index in [1.807, 2.05) is 36.9 Å². The number of piperidine rings is 1. The molecule has 0 aliphatic carbocycles. The molecule has 0 bridgehead atoms. The zero-order chi connectivity index (χ0) is 14.0. The van der Waals surface area contributed by atoms with E-state index in [-0.39, 0.29) is 24.4 Å². The van der Waals surface area contributed by atoms with Crippen molar-refractivity contribution in [2.45, 2.75) is 32.7 Å². The van der Waals surface area contributed by atoms with Gasteiger partial charge in [0.15, 0.2) is 0 Å². The standard InChI is InChI=1S/C15H21BrN2O.ClH/c1-10-5-6-12(8-14(10)16)15(19)18-7-3-4-13(9-18)11(2)17;/h5-6,8,11,13H,3-4,7,9,17H2,1-2H3;1H. The lowest BCUT2D eigenvalue weighted by atomic mass is 9.92. The lowest BCUT2D eigenvalue weighted by molar-refractivity contribution is 0.0661. The number of benzene rings is 1. The average molecular weight is 362 g/mol. The molecule has 0 aromatic heterocycles. The smallest absolute Gasteiger partial charge is 0.253 e. The number of hydrogen-bond acceptors (Lipinski definition) is 2. The van der Waals surface area contributed by atoms with E-state index in [2.05, 4.69) is 15.9 Å². The van der Waals surface area contributed by atoms with Crippen LogP contribution in [0.3, 0.4) is 0 Å². The van der Waals surface area contributed by atoms with Crippen LogP contribution in [0.5, 0.6) is 0 Å². The van der Waals surface area contributed by atoms with Crippen molar-refractivity contribution >= 4 is 34.2 Å². The molecule has 1 aromatic carbocycles. The van der Waals surface area contributed by atoms with Crippen molar-refractivity contribution in [1.82, 2.24) is 4.90 Å². The molecule has 1 heterocycles. The number of carbonyl (C=O) groups excluding carboxylic acids is 1. The number of nitrogens with two attached hydrogens (primary N) is 1. The number of aryl methyl sites for hydroxylation is 1. The fourth-order valence-corrected chi connectivity index (χ4v) is 2.91. The van der Waals surface area contributed by atoms with Crippen LogP contribution in [0.25, 0.3) is 0 Å². The molecule has 2 unspecified atom stereocenters. The highest BCUT2D eigenvalue weighted by molar-refractivity contribution is 9.10. The molecule has 2 N–H and O–H groups in total. The van der Waals surface area contributed by atoms with Gasteiger partial charge in [-0.3, -0.25) is 4.79 Å². The molecule has 112 valence electrons. The van der Waals surface area contributed by atoms with Crippen LogP contribution in [0, 0.1) is 12.8 Å². The zero-order valence-corrected chi connectivity index (χ0v) is 14.3. The van der Waals surface area contributed by atoms with Crippen molar-refractivity contribution < 1.29 is 4.79 Å². The largest absolute Gasteiger partial charge is 0.338 e. The zero-order valence-electron chi connectivity index (χ0n) is 11.9. The van der Waals surface area contributed by atoms with Crippen LogP contribution < -0.4 is 5.73 Å². The molecule has 0 saturated carbocycles. The van der Waals surface area contributed by atoms with E-state index >= 15 is 0 Å². The number of nitrogens with zero attached hydrogens (tertiary/aromatic N) is 1. The van der Waals surface area contributed by atoms with Crippen LogP contribution in [0.1, 0.15) is 35.7 Å². The van der Waals surface area contributed by atoms with Crippen molar-refractivity contribution in [2.75, 3.05) is 13.1 Å². The van der Waals surface area contributed by atoms with Crippen molar-refractivity contribution in [3.05, 3.63) is 33.8 Å². The van der Waals surface area contributed by atoms with Gasteiger partial charge in [-0.1, -0.05) is 22.0 Å². The topological polar surface area (TPSA) is 46.3 Å². The molecular formula is C15H22BrClN2O. The maximum atomic E-state index is 12.5. The molecule has 2 rings (SSSR count). The first kappa shape index (κ1) is 17.5. The molecule has 1 saturated heterocycles. The Balaban J connectivity index is 0.00000200. The van der Waals surface area contributed by atoms with Gasteiger partial charge in [-0.25, -0.2) is 0 Å². The van der Waals surface area contributed by atoms with Gasteiger partial charge in [0.1, 0.15) is 0 Å². The summed E-state index contributed by atoms with van der Waals surface area (Å²) in [4.78, 5) is 14.4. The first-order valence-electron chi connectivity index (χ1n) is 6.80. The van der Waals surface area contributed by atoms with Crippen LogP contribution in [-0.4, -0.2) is 29.9 Å². The fraction of sp³-hybridized carbons (Fsp3) is 0.533. The van der Waals surface area contributed by atoms with Gasteiger partial charge in [-0.15, -0.1) is 12.4 Å². The Bertz CT molecular complexity index is 479. The van der Waals surface area contributed by atoms with Gasteiger partial charge >= 0.3 is 0 Å². The Morgan fingerprint density at radius 1 is 1.50 bits per heavy atom. The number of hydrogen-bond donors (Lipinski definition) is 1. The highest BCUT2D eigenvalue weighted by atomic mass is 79.9. The number of amides is 1. The second kappa shape index (κ2) is 7.43. The molecule has 0 radical (unpaired) electrons. The summed E-state index contributed by atoms with van der Waals surface area (Å²) in [5.74, 6) is 0.539. The minimum atomic E-state index is 0. The number of likely N-dealkylation sites (tertiary alicyclic amines) is 1. The van der Waals surface area contributed by atoms with Crippen LogP contribution in [0.4, 0.5) is 0 Å². The minimum Gasteiger partial charge on any atom is -0.338 e. The van der Waals surface area contributed by atoms with Gasteiger partial charge in [0.05, 0.1) is 0 Å². The summed E-state index contributed by atoms with van der Waals surface area (Å²) in [5, 5.41) is 0. The summed E-state index contributed by atoms with van der Waals surface area (Å²) in [6.07, 6.45) is 2.17. The first-order chi connectivity index (χ1) is 8.99. The number of halogens is 2. The van der Waals surface area contributed by atoms with Crippen molar-refractivity contribution in [3.63, 3.8) is 0 Å². The summed E-state index contributed by atoms with van der Waals surface area (Å²) in [6.45, 7) is 5.67. The monoisotopic (exact) mass is 360 g/mol. The van der Waals surface area contributed by atoms with E-state index in [4.69, 9.17) is 5.73 Å². The van der Waals surface area contributed by atoms with Gasteiger partial charge in [-0.2, -0.15) is 0 Å². The molecule has 1 aromatic rings. The van der Waals surface area contributed by atoms with E-state index in [1.165, 1.54) is 0 Å². The number of rotatable bonds is 2. The summed E-state index contributed by atoms with van der Waals surface area (Å²) >= 11 is 3.48. The highest BCUT2D eigenvalue weighted by Crippen LogP contribution is 2.23. The third kappa shape index (κ3) is 3.96. The van der Waals surface area contributed by atoms with E-state index in [9.17, 15) is 4.79 Å². The third-order valence-electron chi connectivity index (χ3n) is 3.91. The molecule has 1 amide bonds. The molecule has 1 aliphatic heterocycles. The lowest BCUT2D eigenvalue weighted by Gasteiger charge is -2.34. The van der Waals surface area contributed by atoms with Gasteiger partial charge in [-0.05, 0) is 50.3 Å². The molecule has 5 heteroatoms. The maximum absolute atomic E-state index is 12.5. The molecule has 20 heavy (non-hydrogen) atoms. The Labute approximate surface area is 135 Å². The van der Waals surface area contributed by atoms with Crippen molar-refractivity contribution in [3.8, 4) is 0 Å². The summed E-state index contributed by atoms with van der Waals surface area (Å²) < 4.78 is 0.985. The van der Waals surface area contributed by atoms with Gasteiger partial charge < -0.3 is 10.6 Å². The predicted molar refractivity (Wildman–Crippen MR) is 88.4 cm³/mol. The highest BCUT2D eigenvalue weighted by Gasteiger charge is 2.26. The first-order valence-corrected chi connectivity index (χ1v) is 7.59. The molecule has 0 spiro atoms. The molecular weight excluding hydrogens is 340 g/mol. The van der Waals surface area contributed by atoms with Gasteiger partial charge in [0, 0.05) is 29.2 Å². The summed E-state index contributed by atoms with van der Waals surface area (Å²) in [6, 6.07) is 5.94. The second-order valence-corrected chi connectivity index (χ2v) is 6.33. The average Bonchev–Trinajstić information content (AvgIpc) is 2.41. The van der Waals surface area contributed by atoms with E-state index < -0.39 is 0 Å². The van der Waals surface area contributed by atoms with Gasteiger partial charge in [0.2, 0.25) is 0 Å².